The number of aromatic nitrogens is 3. The summed E-state index contributed by atoms with van der Waals surface area (Å²) in [5.74, 6) is 2.95. The fraction of sp³-hybridized carbons (Fsp3) is 0.364. The third kappa shape index (κ3) is 4.00. The Morgan fingerprint density at radius 2 is 1.76 bits per heavy atom. The number of fused-ring (bicyclic) bond motifs is 3. The highest BCUT2D eigenvalue weighted by molar-refractivity contribution is 5.85. The number of ether oxygens (including phenoxy) is 1. The summed E-state index contributed by atoms with van der Waals surface area (Å²) in [6.45, 7) is 1.27. The van der Waals surface area contributed by atoms with Crippen molar-refractivity contribution in [3.63, 3.8) is 0 Å². The molecule has 152 valence electrons. The van der Waals surface area contributed by atoms with Crippen molar-refractivity contribution in [2.45, 2.75) is 50.8 Å². The van der Waals surface area contributed by atoms with Crippen LogP contribution in [0.2, 0.25) is 0 Å². The van der Waals surface area contributed by atoms with Crippen LogP contribution in [0.3, 0.4) is 0 Å². The number of nitrogens with zero attached hydrogens (tertiary/aromatic N) is 3. The molecule has 2 aromatic carbocycles. The van der Waals surface area contributed by atoms with E-state index in [1.54, 1.807) is 6.07 Å². The first kappa shape index (κ1) is 19.9. The highest BCUT2D eigenvalue weighted by atomic mass is 35.5. The predicted molar refractivity (Wildman–Crippen MR) is 111 cm³/mol. The van der Waals surface area contributed by atoms with E-state index in [2.05, 4.69) is 20.1 Å². The van der Waals surface area contributed by atoms with E-state index in [-0.39, 0.29) is 24.3 Å². The number of benzene rings is 2. The van der Waals surface area contributed by atoms with E-state index in [4.69, 9.17) is 4.74 Å². The Bertz CT molecular complexity index is 970. The van der Waals surface area contributed by atoms with Crippen molar-refractivity contribution in [3.8, 4) is 11.4 Å². The third-order valence-electron chi connectivity index (χ3n) is 5.72. The maximum absolute atomic E-state index is 13.7. The van der Waals surface area contributed by atoms with Crippen molar-refractivity contribution in [2.24, 2.45) is 0 Å². The summed E-state index contributed by atoms with van der Waals surface area (Å²) < 4.78 is 22.0. The summed E-state index contributed by atoms with van der Waals surface area (Å²) in [7, 11) is 0. The Morgan fingerprint density at radius 1 is 0.966 bits per heavy atom. The number of halogens is 2. The summed E-state index contributed by atoms with van der Waals surface area (Å²) in [6, 6.07) is 15.0. The van der Waals surface area contributed by atoms with Gasteiger partial charge in [0.1, 0.15) is 17.4 Å². The number of hydrogen-bond donors (Lipinski definition) is 1. The molecule has 0 amide bonds. The van der Waals surface area contributed by atoms with Gasteiger partial charge in [0.25, 0.3) is 0 Å². The molecule has 5 nitrogen and oxygen atoms in total. The highest BCUT2D eigenvalue weighted by Crippen LogP contribution is 2.36. The molecule has 7 heteroatoms. The Kier molecular flexibility index (Phi) is 5.83. The number of hydrogen-bond acceptors (Lipinski definition) is 4. The zero-order valence-corrected chi connectivity index (χ0v) is 16.9. The second-order valence-electron chi connectivity index (χ2n) is 7.59. The van der Waals surface area contributed by atoms with Gasteiger partial charge >= 0.3 is 0 Å². The first-order valence-corrected chi connectivity index (χ1v) is 9.93. The van der Waals surface area contributed by atoms with Crippen LogP contribution in [0.15, 0.2) is 48.5 Å². The summed E-state index contributed by atoms with van der Waals surface area (Å²) >= 11 is 0. The summed E-state index contributed by atoms with van der Waals surface area (Å²) in [6.07, 6.45) is 4.26. The molecule has 2 aliphatic rings. The second-order valence-corrected chi connectivity index (χ2v) is 7.59. The predicted octanol–water partition coefficient (Wildman–Crippen LogP) is 4.54. The minimum Gasteiger partial charge on any atom is -0.490 e. The molecule has 2 heterocycles. The van der Waals surface area contributed by atoms with Crippen LogP contribution < -0.4 is 10.1 Å². The molecular formula is C22H24ClFN4O. The topological polar surface area (TPSA) is 52.0 Å². The molecule has 0 bridgehead atoms. The molecule has 1 saturated carbocycles. The molecule has 1 aromatic heterocycles. The van der Waals surface area contributed by atoms with E-state index in [9.17, 15) is 4.39 Å². The minimum absolute atomic E-state index is 0. The smallest absolute Gasteiger partial charge is 0.151 e. The van der Waals surface area contributed by atoms with Gasteiger partial charge in [-0.2, -0.15) is 0 Å². The van der Waals surface area contributed by atoms with Crippen LogP contribution in [-0.4, -0.2) is 20.9 Å². The molecule has 1 aliphatic heterocycles. The molecule has 1 aliphatic carbocycles. The fourth-order valence-electron chi connectivity index (χ4n) is 4.32. The quantitative estimate of drug-likeness (QED) is 0.683. The zero-order chi connectivity index (χ0) is 18.9. The Balaban J connectivity index is 0.00000205. The van der Waals surface area contributed by atoms with Gasteiger partial charge in [0.2, 0.25) is 0 Å². The van der Waals surface area contributed by atoms with Gasteiger partial charge in [-0.15, -0.1) is 22.6 Å². The molecule has 0 unspecified atom stereocenters. The number of rotatable bonds is 3. The number of nitrogens with one attached hydrogen (secondary N) is 1. The Morgan fingerprint density at radius 3 is 2.55 bits per heavy atom. The molecule has 0 radical (unpaired) electrons. The first-order valence-electron chi connectivity index (χ1n) is 9.93. The van der Waals surface area contributed by atoms with Gasteiger partial charge < -0.3 is 10.1 Å². The van der Waals surface area contributed by atoms with Gasteiger partial charge in [-0.05, 0) is 61.6 Å². The standard InChI is InChI=1S/C22H23FN4O.ClH/c23-17-8-11-20-16(12-17)13-24-14-21-25-26-22(27(20)21)15-6-9-19(10-7-15)28-18-4-2-1-3-5-18;/h1-5,8,11-12,15,19,24H,6-7,9-10,13-14H2;1H/t15-,19-;. The van der Waals surface area contributed by atoms with Gasteiger partial charge in [0.05, 0.1) is 18.3 Å². The van der Waals surface area contributed by atoms with Gasteiger partial charge in [0, 0.05) is 12.5 Å². The lowest BCUT2D eigenvalue weighted by Crippen LogP contribution is -2.24. The van der Waals surface area contributed by atoms with E-state index in [0.29, 0.717) is 19.0 Å². The van der Waals surface area contributed by atoms with Gasteiger partial charge in [-0.3, -0.25) is 4.57 Å². The lowest BCUT2D eigenvalue weighted by Gasteiger charge is -2.29. The summed E-state index contributed by atoms with van der Waals surface area (Å²) in [5.41, 5.74) is 1.94. The maximum atomic E-state index is 13.7. The van der Waals surface area contributed by atoms with Crippen LogP contribution in [0.5, 0.6) is 5.75 Å². The molecule has 0 atom stereocenters. The van der Waals surface area contributed by atoms with E-state index < -0.39 is 0 Å². The van der Waals surface area contributed by atoms with Crippen molar-refractivity contribution in [1.29, 1.82) is 0 Å². The van der Waals surface area contributed by atoms with Crippen molar-refractivity contribution >= 4 is 12.4 Å². The van der Waals surface area contributed by atoms with Crippen molar-refractivity contribution in [1.82, 2.24) is 20.1 Å². The normalized spacial score (nSPS) is 20.7. The zero-order valence-electron chi connectivity index (χ0n) is 16.1. The molecular weight excluding hydrogens is 391 g/mol. The van der Waals surface area contributed by atoms with Gasteiger partial charge in [-0.25, -0.2) is 4.39 Å². The summed E-state index contributed by atoms with van der Waals surface area (Å²) in [4.78, 5) is 0. The van der Waals surface area contributed by atoms with Crippen LogP contribution in [0.4, 0.5) is 4.39 Å². The van der Waals surface area contributed by atoms with E-state index >= 15 is 0 Å². The van der Waals surface area contributed by atoms with Crippen molar-refractivity contribution in [3.05, 3.63) is 71.6 Å². The van der Waals surface area contributed by atoms with Crippen LogP contribution in [0.25, 0.3) is 5.69 Å². The van der Waals surface area contributed by atoms with Crippen LogP contribution >= 0.6 is 12.4 Å². The number of para-hydroxylation sites is 1. The molecule has 3 aromatic rings. The Hall–Kier alpha value is -2.44. The Labute approximate surface area is 175 Å². The third-order valence-corrected chi connectivity index (χ3v) is 5.72. The van der Waals surface area contributed by atoms with Crippen LogP contribution in [0, 0.1) is 5.82 Å². The lowest BCUT2D eigenvalue weighted by atomic mass is 9.86. The second kappa shape index (κ2) is 8.51. The molecule has 0 spiro atoms. The average Bonchev–Trinajstić information content (AvgIpc) is 3.05. The van der Waals surface area contributed by atoms with Crippen molar-refractivity contribution < 1.29 is 9.13 Å². The fourth-order valence-corrected chi connectivity index (χ4v) is 4.32. The lowest BCUT2D eigenvalue weighted by molar-refractivity contribution is 0.144. The molecule has 1 fully saturated rings. The van der Waals surface area contributed by atoms with E-state index in [1.807, 2.05) is 36.4 Å². The summed E-state index contributed by atoms with van der Waals surface area (Å²) in [5, 5.41) is 12.3. The monoisotopic (exact) mass is 414 g/mol. The largest absolute Gasteiger partial charge is 0.490 e. The molecule has 1 N–H and O–H groups in total. The van der Waals surface area contributed by atoms with E-state index in [0.717, 1.165) is 54.3 Å². The van der Waals surface area contributed by atoms with E-state index in [1.165, 1.54) is 6.07 Å². The van der Waals surface area contributed by atoms with Crippen molar-refractivity contribution in [2.75, 3.05) is 0 Å². The highest BCUT2D eigenvalue weighted by Gasteiger charge is 2.30. The first-order chi connectivity index (χ1) is 13.8. The van der Waals surface area contributed by atoms with Gasteiger partial charge in [-0.1, -0.05) is 18.2 Å². The average molecular weight is 415 g/mol. The maximum Gasteiger partial charge on any atom is 0.151 e. The molecule has 29 heavy (non-hydrogen) atoms. The SMILES string of the molecule is Cl.Fc1ccc2c(c1)CNCc1nnc([C@H]3CC[C@H](Oc4ccccc4)CC3)n1-2. The van der Waals surface area contributed by atoms with Gasteiger partial charge in [0.15, 0.2) is 5.82 Å². The molecule has 0 saturated heterocycles. The molecule has 5 rings (SSSR count). The minimum atomic E-state index is -0.211. The van der Waals surface area contributed by atoms with Crippen LogP contribution in [0.1, 0.15) is 48.8 Å². The van der Waals surface area contributed by atoms with Crippen LogP contribution in [-0.2, 0) is 13.1 Å².